The SMILES string of the molecule is CCN(Cc1ccccn1)c1cccc(F)c1CBr. The van der Waals surface area contributed by atoms with Crippen LogP contribution in [0.1, 0.15) is 18.2 Å². The van der Waals surface area contributed by atoms with E-state index in [2.05, 4.69) is 32.7 Å². The molecule has 0 aliphatic heterocycles. The van der Waals surface area contributed by atoms with Gasteiger partial charge in [0.2, 0.25) is 0 Å². The van der Waals surface area contributed by atoms with E-state index in [9.17, 15) is 4.39 Å². The van der Waals surface area contributed by atoms with Crippen molar-refractivity contribution in [3.8, 4) is 0 Å². The molecule has 0 atom stereocenters. The highest BCUT2D eigenvalue weighted by Gasteiger charge is 2.13. The third kappa shape index (κ3) is 3.32. The molecule has 0 saturated carbocycles. The van der Waals surface area contributed by atoms with Crippen molar-refractivity contribution in [2.24, 2.45) is 0 Å². The Bertz CT molecular complexity index is 531. The summed E-state index contributed by atoms with van der Waals surface area (Å²) < 4.78 is 13.8. The number of benzene rings is 1. The Hall–Kier alpha value is -1.42. The maximum absolute atomic E-state index is 13.8. The van der Waals surface area contributed by atoms with Gasteiger partial charge < -0.3 is 4.90 Å². The monoisotopic (exact) mass is 322 g/mol. The maximum Gasteiger partial charge on any atom is 0.129 e. The number of pyridine rings is 1. The Morgan fingerprint density at radius 2 is 2.05 bits per heavy atom. The van der Waals surface area contributed by atoms with E-state index in [-0.39, 0.29) is 5.82 Å². The molecule has 1 heterocycles. The molecule has 2 nitrogen and oxygen atoms in total. The fourth-order valence-electron chi connectivity index (χ4n) is 2.03. The summed E-state index contributed by atoms with van der Waals surface area (Å²) >= 11 is 3.36. The van der Waals surface area contributed by atoms with Crippen LogP contribution in [0.3, 0.4) is 0 Å². The number of hydrogen-bond acceptors (Lipinski definition) is 2. The van der Waals surface area contributed by atoms with Crippen LogP contribution in [0.25, 0.3) is 0 Å². The molecule has 0 aliphatic rings. The number of halogens is 2. The van der Waals surface area contributed by atoms with Crippen molar-refractivity contribution in [2.75, 3.05) is 11.4 Å². The molecule has 0 amide bonds. The van der Waals surface area contributed by atoms with Gasteiger partial charge in [0.05, 0.1) is 12.2 Å². The number of anilines is 1. The third-order valence-electron chi connectivity index (χ3n) is 3.03. The number of aromatic nitrogens is 1. The largest absolute Gasteiger partial charge is 0.366 e. The standard InChI is InChI=1S/C15H16BrFN2/c1-2-19(11-12-6-3-4-9-18-12)15-8-5-7-14(17)13(15)10-16/h3-9H,2,10-11H2,1H3. The molecule has 1 aromatic heterocycles. The highest BCUT2D eigenvalue weighted by atomic mass is 79.9. The predicted molar refractivity (Wildman–Crippen MR) is 80.0 cm³/mol. The van der Waals surface area contributed by atoms with Crippen molar-refractivity contribution in [1.82, 2.24) is 4.98 Å². The quantitative estimate of drug-likeness (QED) is 0.769. The molecular weight excluding hydrogens is 307 g/mol. The van der Waals surface area contributed by atoms with Crippen molar-refractivity contribution in [3.05, 3.63) is 59.7 Å². The van der Waals surface area contributed by atoms with Gasteiger partial charge in [0.25, 0.3) is 0 Å². The molecule has 0 bridgehead atoms. The first kappa shape index (κ1) is 14.0. The molecule has 100 valence electrons. The summed E-state index contributed by atoms with van der Waals surface area (Å²) in [6.45, 7) is 3.55. The molecule has 0 radical (unpaired) electrons. The summed E-state index contributed by atoms with van der Waals surface area (Å²) in [7, 11) is 0. The molecule has 0 fully saturated rings. The number of hydrogen-bond donors (Lipinski definition) is 0. The first-order valence-electron chi connectivity index (χ1n) is 6.24. The van der Waals surface area contributed by atoms with Gasteiger partial charge in [-0.15, -0.1) is 0 Å². The minimum atomic E-state index is -0.172. The van der Waals surface area contributed by atoms with Gasteiger partial charge in [0, 0.05) is 29.3 Å². The molecule has 19 heavy (non-hydrogen) atoms. The molecular formula is C15H16BrFN2. The fraction of sp³-hybridized carbons (Fsp3) is 0.267. The van der Waals surface area contributed by atoms with Crippen LogP contribution in [0.5, 0.6) is 0 Å². The fourth-order valence-corrected chi connectivity index (χ4v) is 2.59. The second kappa shape index (κ2) is 6.66. The highest BCUT2D eigenvalue weighted by molar-refractivity contribution is 9.08. The Balaban J connectivity index is 2.30. The van der Waals surface area contributed by atoms with Crippen LogP contribution in [0, 0.1) is 5.82 Å². The zero-order valence-electron chi connectivity index (χ0n) is 10.8. The van der Waals surface area contributed by atoms with E-state index in [1.807, 2.05) is 24.3 Å². The second-order valence-corrected chi connectivity index (χ2v) is 4.77. The zero-order valence-corrected chi connectivity index (χ0v) is 12.4. The first-order chi connectivity index (χ1) is 9.26. The van der Waals surface area contributed by atoms with E-state index in [1.165, 1.54) is 6.07 Å². The van der Waals surface area contributed by atoms with Gasteiger partial charge in [0.1, 0.15) is 5.82 Å². The van der Waals surface area contributed by atoms with Crippen LogP contribution < -0.4 is 4.90 Å². The summed E-state index contributed by atoms with van der Waals surface area (Å²) in [6, 6.07) is 11.0. The lowest BCUT2D eigenvalue weighted by Gasteiger charge is -2.25. The molecule has 0 unspecified atom stereocenters. The second-order valence-electron chi connectivity index (χ2n) is 4.21. The van der Waals surface area contributed by atoms with E-state index in [0.29, 0.717) is 17.4 Å². The minimum absolute atomic E-state index is 0.172. The molecule has 2 aromatic rings. The number of alkyl halides is 1. The van der Waals surface area contributed by atoms with Crippen LogP contribution in [0.2, 0.25) is 0 Å². The van der Waals surface area contributed by atoms with Gasteiger partial charge in [-0.3, -0.25) is 4.98 Å². The molecule has 0 aliphatic carbocycles. The van der Waals surface area contributed by atoms with Gasteiger partial charge in [-0.25, -0.2) is 4.39 Å². The summed E-state index contributed by atoms with van der Waals surface area (Å²) in [4.78, 5) is 6.45. The Kier molecular flexibility index (Phi) is 4.91. The van der Waals surface area contributed by atoms with Crippen molar-refractivity contribution >= 4 is 21.6 Å². The van der Waals surface area contributed by atoms with Crippen LogP contribution >= 0.6 is 15.9 Å². The van der Waals surface area contributed by atoms with Crippen molar-refractivity contribution < 1.29 is 4.39 Å². The third-order valence-corrected chi connectivity index (χ3v) is 3.59. The van der Waals surface area contributed by atoms with Crippen molar-refractivity contribution in [2.45, 2.75) is 18.8 Å². The predicted octanol–water partition coefficient (Wildman–Crippen LogP) is 4.14. The summed E-state index contributed by atoms with van der Waals surface area (Å²) in [5.41, 5.74) is 2.60. The Morgan fingerprint density at radius 1 is 1.21 bits per heavy atom. The number of rotatable bonds is 5. The van der Waals surface area contributed by atoms with Gasteiger partial charge >= 0.3 is 0 Å². The average Bonchev–Trinajstić information content (AvgIpc) is 2.45. The molecule has 0 N–H and O–H groups in total. The van der Waals surface area contributed by atoms with Gasteiger partial charge in [-0.2, -0.15) is 0 Å². The van der Waals surface area contributed by atoms with Gasteiger partial charge in [0.15, 0.2) is 0 Å². The lowest BCUT2D eigenvalue weighted by molar-refractivity contribution is 0.615. The van der Waals surface area contributed by atoms with Crippen LogP contribution in [-0.2, 0) is 11.9 Å². The van der Waals surface area contributed by atoms with Crippen LogP contribution in [0.4, 0.5) is 10.1 Å². The van der Waals surface area contributed by atoms with Crippen LogP contribution in [0.15, 0.2) is 42.6 Å². The molecule has 0 saturated heterocycles. The normalized spacial score (nSPS) is 10.5. The Labute approximate surface area is 121 Å². The Morgan fingerprint density at radius 3 is 2.68 bits per heavy atom. The van der Waals surface area contributed by atoms with E-state index >= 15 is 0 Å². The summed E-state index contributed by atoms with van der Waals surface area (Å²) in [5, 5.41) is 0.508. The van der Waals surface area contributed by atoms with Gasteiger partial charge in [-0.1, -0.05) is 28.1 Å². The van der Waals surface area contributed by atoms with Crippen molar-refractivity contribution in [1.29, 1.82) is 0 Å². The van der Waals surface area contributed by atoms with E-state index in [4.69, 9.17) is 0 Å². The molecule has 2 rings (SSSR count). The first-order valence-corrected chi connectivity index (χ1v) is 7.36. The van der Waals surface area contributed by atoms with Crippen molar-refractivity contribution in [3.63, 3.8) is 0 Å². The average molecular weight is 323 g/mol. The molecule has 1 aromatic carbocycles. The maximum atomic E-state index is 13.8. The highest BCUT2D eigenvalue weighted by Crippen LogP contribution is 2.26. The smallest absolute Gasteiger partial charge is 0.129 e. The topological polar surface area (TPSA) is 16.1 Å². The zero-order chi connectivity index (χ0) is 13.7. The van der Waals surface area contributed by atoms with Gasteiger partial charge in [-0.05, 0) is 31.2 Å². The summed E-state index contributed by atoms with van der Waals surface area (Å²) in [5.74, 6) is -0.172. The van der Waals surface area contributed by atoms with E-state index < -0.39 is 0 Å². The molecule has 4 heteroatoms. The number of nitrogens with zero attached hydrogens (tertiary/aromatic N) is 2. The van der Waals surface area contributed by atoms with Crippen LogP contribution in [-0.4, -0.2) is 11.5 Å². The lowest BCUT2D eigenvalue weighted by Crippen LogP contribution is -2.24. The van der Waals surface area contributed by atoms with E-state index in [0.717, 1.165) is 17.9 Å². The summed E-state index contributed by atoms with van der Waals surface area (Å²) in [6.07, 6.45) is 1.78. The molecule has 0 spiro atoms. The van der Waals surface area contributed by atoms with E-state index in [1.54, 1.807) is 12.3 Å². The minimum Gasteiger partial charge on any atom is -0.366 e. The lowest BCUT2D eigenvalue weighted by atomic mass is 10.1.